The second-order valence-electron chi connectivity index (χ2n) is 12.1. The van der Waals surface area contributed by atoms with Gasteiger partial charge in [0.25, 0.3) is 0 Å². The third-order valence-corrected chi connectivity index (χ3v) is 10.5. The lowest BCUT2D eigenvalue weighted by Gasteiger charge is -2.75. The van der Waals surface area contributed by atoms with Gasteiger partial charge in [0.2, 0.25) is 0 Å². The molecule has 0 unspecified atom stereocenters. The van der Waals surface area contributed by atoms with Gasteiger partial charge >= 0.3 is 0 Å². The number of piperidine rings is 1. The fourth-order valence-electron chi connectivity index (χ4n) is 9.23. The first-order chi connectivity index (χ1) is 14.8. The minimum Gasteiger partial charge on any atom is -0.504 e. The van der Waals surface area contributed by atoms with Crippen molar-refractivity contribution in [2.24, 2.45) is 17.3 Å². The molecule has 1 aromatic carbocycles. The van der Waals surface area contributed by atoms with Crippen LogP contribution in [0.25, 0.3) is 0 Å². The molecule has 5 fully saturated rings. The van der Waals surface area contributed by atoms with Crippen LogP contribution in [-0.4, -0.2) is 58.7 Å². The van der Waals surface area contributed by atoms with E-state index in [-0.39, 0.29) is 28.6 Å². The molecule has 4 saturated carbocycles. The zero-order valence-corrected chi connectivity index (χ0v) is 19.0. The molecule has 2 heterocycles. The van der Waals surface area contributed by atoms with E-state index in [4.69, 9.17) is 9.47 Å². The second-order valence-corrected chi connectivity index (χ2v) is 12.1. The summed E-state index contributed by atoms with van der Waals surface area (Å²) in [5.74, 6) is 1.86. The van der Waals surface area contributed by atoms with Crippen LogP contribution in [0.15, 0.2) is 12.1 Å². The van der Waals surface area contributed by atoms with Crippen molar-refractivity contribution >= 4 is 0 Å². The standard InChI is InChI=1S/C26H35NO4/c1-23(2,29)18-13-24-8-9-26(18,30-3)22-25(24)10-11-27(14-15-4-5-15)19(24)12-16-6-7-17(28)21(31-22)20(16)25/h6-7,15,18-19,22,28-29H,4-5,8-14H2,1-3H3/t18-,19+,22+,24+,25-,26+/m0/s1. The number of aliphatic hydroxyl groups is 1. The molecule has 1 saturated heterocycles. The lowest BCUT2D eigenvalue weighted by atomic mass is 9.34. The second kappa shape index (κ2) is 5.60. The van der Waals surface area contributed by atoms with E-state index >= 15 is 0 Å². The summed E-state index contributed by atoms with van der Waals surface area (Å²) >= 11 is 0. The Bertz CT molecular complexity index is 967. The topological polar surface area (TPSA) is 62.2 Å². The Kier molecular flexibility index (Phi) is 3.47. The van der Waals surface area contributed by atoms with E-state index in [1.54, 1.807) is 0 Å². The summed E-state index contributed by atoms with van der Waals surface area (Å²) in [6.45, 7) is 6.23. The summed E-state index contributed by atoms with van der Waals surface area (Å²) in [6, 6.07) is 4.46. The Labute approximate surface area is 184 Å². The molecule has 0 radical (unpaired) electrons. The van der Waals surface area contributed by atoms with Crippen LogP contribution in [-0.2, 0) is 16.6 Å². The molecule has 5 heteroatoms. The molecule has 0 amide bonds. The number of hydrogen-bond acceptors (Lipinski definition) is 5. The lowest BCUT2D eigenvalue weighted by molar-refractivity contribution is -0.300. The highest BCUT2D eigenvalue weighted by Crippen LogP contribution is 2.77. The fourth-order valence-corrected chi connectivity index (χ4v) is 9.23. The molecular weight excluding hydrogens is 390 g/mol. The van der Waals surface area contributed by atoms with E-state index in [0.29, 0.717) is 11.8 Å². The molecule has 0 aromatic heterocycles. The zero-order valence-electron chi connectivity index (χ0n) is 19.0. The highest BCUT2D eigenvalue weighted by molar-refractivity contribution is 5.63. The first kappa shape index (κ1) is 19.2. The van der Waals surface area contributed by atoms with Gasteiger partial charge in [-0.3, -0.25) is 4.90 Å². The van der Waals surface area contributed by atoms with Gasteiger partial charge in [-0.15, -0.1) is 0 Å². The molecule has 5 aliphatic carbocycles. The van der Waals surface area contributed by atoms with Gasteiger partial charge in [-0.1, -0.05) is 6.07 Å². The van der Waals surface area contributed by atoms with Crippen molar-refractivity contribution in [1.29, 1.82) is 0 Å². The average Bonchev–Trinajstić information content (AvgIpc) is 3.47. The summed E-state index contributed by atoms with van der Waals surface area (Å²) in [7, 11) is 1.81. The maximum Gasteiger partial charge on any atom is 0.165 e. The van der Waals surface area contributed by atoms with E-state index in [1.807, 2.05) is 27.0 Å². The number of methoxy groups -OCH3 is 1. The van der Waals surface area contributed by atoms with Crippen LogP contribution in [0, 0.1) is 17.3 Å². The Morgan fingerprint density at radius 2 is 2.03 bits per heavy atom. The van der Waals surface area contributed by atoms with Gasteiger partial charge in [0.1, 0.15) is 11.7 Å². The molecule has 5 nitrogen and oxygen atoms in total. The minimum atomic E-state index is -0.846. The number of phenolic OH excluding ortho intramolecular Hbond substituents is 1. The quantitative estimate of drug-likeness (QED) is 0.774. The highest BCUT2D eigenvalue weighted by atomic mass is 16.6. The molecule has 168 valence electrons. The number of benzene rings is 1. The summed E-state index contributed by atoms with van der Waals surface area (Å²) in [5.41, 5.74) is 1.24. The number of fused-ring (bicyclic) bond motifs is 2. The number of aromatic hydroxyl groups is 1. The van der Waals surface area contributed by atoms with Gasteiger partial charge in [0, 0.05) is 42.0 Å². The molecular formula is C26H35NO4. The van der Waals surface area contributed by atoms with Crippen LogP contribution < -0.4 is 4.74 Å². The van der Waals surface area contributed by atoms with E-state index in [9.17, 15) is 10.2 Å². The molecule has 8 rings (SSSR count). The Balaban J connectivity index is 1.49. The first-order valence-electron chi connectivity index (χ1n) is 12.3. The van der Waals surface area contributed by atoms with Crippen molar-refractivity contribution in [3.8, 4) is 11.5 Å². The van der Waals surface area contributed by atoms with Crippen molar-refractivity contribution in [2.45, 2.75) is 87.6 Å². The third-order valence-electron chi connectivity index (χ3n) is 10.5. The SMILES string of the molecule is CO[C@]12CC[C@@]3(C[C@H]1C(C)(C)O)[C@H]1Cc4ccc(O)c5c4[C@@]3(CCN1CC1CC1)[C@H]2O5. The summed E-state index contributed by atoms with van der Waals surface area (Å²) in [6.07, 6.45) is 7.72. The van der Waals surface area contributed by atoms with Gasteiger partial charge in [0.05, 0.1) is 5.60 Å². The predicted molar refractivity (Wildman–Crippen MR) is 116 cm³/mol. The molecule has 4 bridgehead atoms. The molecule has 31 heavy (non-hydrogen) atoms. The smallest absolute Gasteiger partial charge is 0.165 e. The fraction of sp³-hybridized carbons (Fsp3) is 0.769. The molecule has 6 atom stereocenters. The maximum absolute atomic E-state index is 11.4. The van der Waals surface area contributed by atoms with Gasteiger partial charge < -0.3 is 19.7 Å². The summed E-state index contributed by atoms with van der Waals surface area (Å²) < 4.78 is 13.2. The summed E-state index contributed by atoms with van der Waals surface area (Å²) in [5, 5.41) is 22.2. The monoisotopic (exact) mass is 425 g/mol. The lowest BCUT2D eigenvalue weighted by Crippen LogP contribution is -2.82. The number of ether oxygens (including phenoxy) is 2. The van der Waals surface area contributed by atoms with Crippen molar-refractivity contribution in [2.75, 3.05) is 20.2 Å². The van der Waals surface area contributed by atoms with Gasteiger partial charge in [-0.2, -0.15) is 0 Å². The van der Waals surface area contributed by atoms with E-state index in [2.05, 4.69) is 11.0 Å². The minimum absolute atomic E-state index is 0.0123. The number of likely N-dealkylation sites (tertiary alicyclic amines) is 1. The average molecular weight is 426 g/mol. The number of phenols is 1. The van der Waals surface area contributed by atoms with Gasteiger partial charge in [-0.05, 0) is 82.9 Å². The summed E-state index contributed by atoms with van der Waals surface area (Å²) in [4.78, 5) is 2.81. The molecule has 1 aromatic rings. The maximum atomic E-state index is 11.4. The largest absolute Gasteiger partial charge is 0.504 e. The molecule has 2 spiro atoms. The van der Waals surface area contributed by atoms with Crippen molar-refractivity contribution in [3.63, 3.8) is 0 Å². The molecule has 2 aliphatic heterocycles. The Morgan fingerprint density at radius 3 is 2.74 bits per heavy atom. The number of rotatable bonds is 4. The Hall–Kier alpha value is -1.30. The van der Waals surface area contributed by atoms with Gasteiger partial charge in [-0.25, -0.2) is 0 Å². The van der Waals surface area contributed by atoms with Crippen LogP contribution >= 0.6 is 0 Å². The Morgan fingerprint density at radius 1 is 1.23 bits per heavy atom. The van der Waals surface area contributed by atoms with Crippen LogP contribution in [0.2, 0.25) is 0 Å². The molecule has 2 N–H and O–H groups in total. The van der Waals surface area contributed by atoms with E-state index in [1.165, 1.54) is 30.5 Å². The van der Waals surface area contributed by atoms with Crippen molar-refractivity contribution < 1.29 is 19.7 Å². The number of nitrogens with zero attached hydrogens (tertiary/aromatic N) is 1. The molecule has 7 aliphatic rings. The third kappa shape index (κ3) is 2.02. The van der Waals surface area contributed by atoms with Crippen LogP contribution in [0.5, 0.6) is 11.5 Å². The van der Waals surface area contributed by atoms with Crippen molar-refractivity contribution in [3.05, 3.63) is 23.3 Å². The van der Waals surface area contributed by atoms with E-state index in [0.717, 1.165) is 44.6 Å². The highest BCUT2D eigenvalue weighted by Gasteiger charge is 2.81. The first-order valence-corrected chi connectivity index (χ1v) is 12.3. The number of hydrogen-bond donors (Lipinski definition) is 2. The van der Waals surface area contributed by atoms with Gasteiger partial charge in [0.15, 0.2) is 11.5 Å². The van der Waals surface area contributed by atoms with E-state index < -0.39 is 11.2 Å². The van der Waals surface area contributed by atoms with Crippen LogP contribution in [0.3, 0.4) is 0 Å². The zero-order chi connectivity index (χ0) is 21.4. The van der Waals surface area contributed by atoms with Crippen molar-refractivity contribution in [1.82, 2.24) is 4.90 Å². The predicted octanol–water partition coefficient (Wildman–Crippen LogP) is 3.39. The van der Waals surface area contributed by atoms with Crippen LogP contribution in [0.4, 0.5) is 0 Å². The normalized spacial score (nSPS) is 44.8. The van der Waals surface area contributed by atoms with Crippen LogP contribution in [0.1, 0.15) is 63.5 Å².